The fourth-order valence-electron chi connectivity index (χ4n) is 2.45. The summed E-state index contributed by atoms with van der Waals surface area (Å²) in [4.78, 5) is 0. The molecule has 2 aliphatic carbocycles. The summed E-state index contributed by atoms with van der Waals surface area (Å²) < 4.78 is 0. The van der Waals surface area contributed by atoms with Crippen molar-refractivity contribution < 1.29 is 0 Å². The molecule has 0 N–H and O–H groups in total. The molecule has 2 aliphatic rings. The Bertz CT molecular complexity index is 343. The van der Waals surface area contributed by atoms with Crippen LogP contribution in [-0.4, -0.2) is 0 Å². The first-order valence-corrected chi connectivity index (χ1v) is 6.66. The number of rotatable bonds is 0. The largest absolute Gasteiger partial charge is 0.0617 e. The van der Waals surface area contributed by atoms with Gasteiger partial charge in [0.1, 0.15) is 0 Å². The molecule has 0 heteroatoms. The van der Waals surface area contributed by atoms with Crippen molar-refractivity contribution in [3.63, 3.8) is 0 Å². The van der Waals surface area contributed by atoms with Gasteiger partial charge in [0.25, 0.3) is 0 Å². The topological polar surface area (TPSA) is 0 Å². The van der Waals surface area contributed by atoms with Crippen molar-refractivity contribution in [1.29, 1.82) is 0 Å². The maximum atomic E-state index is 3.24. The summed E-state index contributed by atoms with van der Waals surface area (Å²) in [6.07, 6.45) is 12.9. The lowest BCUT2D eigenvalue weighted by Crippen LogP contribution is -1.91. The van der Waals surface area contributed by atoms with Gasteiger partial charge in [0.2, 0.25) is 0 Å². The smallest absolute Gasteiger partial charge is 0.0102 e. The van der Waals surface area contributed by atoms with Crippen LogP contribution in [0.1, 0.15) is 64.2 Å². The predicted molar refractivity (Wildman–Crippen MR) is 67.2 cm³/mol. The van der Waals surface area contributed by atoms with E-state index in [2.05, 4.69) is 22.9 Å². The van der Waals surface area contributed by atoms with Crippen LogP contribution in [0.4, 0.5) is 0 Å². The molecule has 0 heterocycles. The van der Waals surface area contributed by atoms with Gasteiger partial charge in [-0.05, 0) is 74.0 Å². The fourth-order valence-corrected chi connectivity index (χ4v) is 2.45. The molecule has 0 radical (unpaired) electrons. The summed E-state index contributed by atoms with van der Waals surface area (Å²) in [6, 6.07) is 0. The van der Waals surface area contributed by atoms with E-state index in [0.717, 1.165) is 0 Å². The highest BCUT2D eigenvalue weighted by Crippen LogP contribution is 2.22. The lowest BCUT2D eigenvalue weighted by Gasteiger charge is -2.09. The molecule has 2 saturated carbocycles. The maximum Gasteiger partial charge on any atom is -0.0102 e. The molecule has 0 saturated heterocycles. The third kappa shape index (κ3) is 3.79. The van der Waals surface area contributed by atoms with Gasteiger partial charge in [-0.15, -0.1) is 0 Å². The van der Waals surface area contributed by atoms with Crippen molar-refractivity contribution in [2.75, 3.05) is 0 Å². The van der Waals surface area contributed by atoms with E-state index in [1.807, 2.05) is 0 Å². The lowest BCUT2D eigenvalue weighted by molar-refractivity contribution is 0.600. The standard InChI is InChI=1S/C16H20/c1-3-9-15(10-4-1)13-7-8-14-16-11-5-2-6-12-16/h1-6,9-12H2. The Labute approximate surface area is 98.8 Å². The van der Waals surface area contributed by atoms with Crippen LogP contribution in [0.2, 0.25) is 0 Å². The zero-order chi connectivity index (χ0) is 11.1. The molecule has 2 fully saturated rings. The predicted octanol–water partition coefficient (Wildman–Crippen LogP) is 4.83. The molecule has 0 spiro atoms. The molecular formula is C16H20. The van der Waals surface area contributed by atoms with E-state index < -0.39 is 0 Å². The molecule has 0 aliphatic heterocycles. The Morgan fingerprint density at radius 3 is 1.25 bits per heavy atom. The summed E-state index contributed by atoms with van der Waals surface area (Å²) in [5.41, 5.74) is 15.4. The highest BCUT2D eigenvalue weighted by molar-refractivity contribution is 5.06. The Hall–Kier alpha value is -1.14. The van der Waals surface area contributed by atoms with E-state index >= 15 is 0 Å². The summed E-state index contributed by atoms with van der Waals surface area (Å²) in [6.45, 7) is 0. The Morgan fingerprint density at radius 1 is 0.500 bits per heavy atom. The second kappa shape index (κ2) is 6.44. The third-order valence-electron chi connectivity index (χ3n) is 3.46. The van der Waals surface area contributed by atoms with Crippen LogP contribution >= 0.6 is 0 Å². The first-order chi connectivity index (χ1) is 7.95. The number of allylic oxidation sites excluding steroid dienone is 2. The monoisotopic (exact) mass is 212 g/mol. The van der Waals surface area contributed by atoms with Gasteiger partial charge in [-0.1, -0.05) is 24.3 Å². The van der Waals surface area contributed by atoms with E-state index in [4.69, 9.17) is 0 Å². The Morgan fingerprint density at radius 2 is 0.875 bits per heavy atom. The van der Waals surface area contributed by atoms with Crippen LogP contribution in [0, 0.1) is 0 Å². The van der Waals surface area contributed by atoms with Crippen molar-refractivity contribution >= 4 is 0 Å². The van der Waals surface area contributed by atoms with Gasteiger partial charge in [0.15, 0.2) is 0 Å². The first kappa shape index (κ1) is 11.3. The van der Waals surface area contributed by atoms with Crippen LogP contribution < -0.4 is 0 Å². The van der Waals surface area contributed by atoms with Crippen LogP contribution in [0.15, 0.2) is 34.1 Å². The molecule has 0 atom stereocenters. The molecule has 16 heavy (non-hydrogen) atoms. The van der Waals surface area contributed by atoms with Gasteiger partial charge in [0, 0.05) is 0 Å². The molecule has 2 rings (SSSR count). The molecule has 0 aromatic heterocycles. The molecular weight excluding hydrogens is 192 g/mol. The summed E-state index contributed by atoms with van der Waals surface area (Å²) in [5, 5.41) is 0. The van der Waals surface area contributed by atoms with Crippen molar-refractivity contribution in [3.8, 4) is 0 Å². The molecule has 0 unspecified atom stereocenters. The van der Waals surface area contributed by atoms with E-state index in [9.17, 15) is 0 Å². The van der Waals surface area contributed by atoms with Crippen molar-refractivity contribution in [2.24, 2.45) is 0 Å². The van der Waals surface area contributed by atoms with Gasteiger partial charge in [-0.3, -0.25) is 0 Å². The molecule has 0 aromatic rings. The zero-order valence-electron chi connectivity index (χ0n) is 10.1. The van der Waals surface area contributed by atoms with Gasteiger partial charge in [0.05, 0.1) is 0 Å². The Kier molecular flexibility index (Phi) is 4.57. The van der Waals surface area contributed by atoms with Crippen LogP contribution in [0.25, 0.3) is 0 Å². The van der Waals surface area contributed by atoms with Gasteiger partial charge < -0.3 is 0 Å². The van der Waals surface area contributed by atoms with E-state index in [1.165, 1.54) is 75.4 Å². The average Bonchev–Trinajstić information content (AvgIpc) is 2.37. The van der Waals surface area contributed by atoms with E-state index in [0.29, 0.717) is 0 Å². The molecule has 0 nitrogen and oxygen atoms in total. The van der Waals surface area contributed by atoms with E-state index in [1.54, 1.807) is 0 Å². The summed E-state index contributed by atoms with van der Waals surface area (Å²) in [7, 11) is 0. The van der Waals surface area contributed by atoms with Crippen molar-refractivity contribution in [1.82, 2.24) is 0 Å². The number of hydrogen-bond donors (Lipinski definition) is 0. The first-order valence-electron chi connectivity index (χ1n) is 6.66. The Balaban J connectivity index is 2.11. The van der Waals surface area contributed by atoms with Crippen molar-refractivity contribution in [2.45, 2.75) is 64.2 Å². The minimum absolute atomic E-state index is 1.21. The van der Waals surface area contributed by atoms with Gasteiger partial charge >= 0.3 is 0 Å². The quantitative estimate of drug-likeness (QED) is 0.504. The van der Waals surface area contributed by atoms with Crippen LogP contribution in [0.3, 0.4) is 0 Å². The highest BCUT2D eigenvalue weighted by atomic mass is 14.1. The van der Waals surface area contributed by atoms with Crippen LogP contribution in [-0.2, 0) is 0 Å². The molecule has 0 bridgehead atoms. The van der Waals surface area contributed by atoms with E-state index in [-0.39, 0.29) is 0 Å². The lowest BCUT2D eigenvalue weighted by atomic mass is 9.95. The second-order valence-corrected chi connectivity index (χ2v) is 4.83. The average molecular weight is 212 g/mol. The SMILES string of the molecule is C(=C=C=C1CCCCC1)=C=C1CCCCC1. The normalized spacial score (nSPS) is 20.5. The summed E-state index contributed by atoms with van der Waals surface area (Å²) in [5.74, 6) is 0. The van der Waals surface area contributed by atoms with Gasteiger partial charge in [-0.25, -0.2) is 0 Å². The molecule has 84 valence electrons. The van der Waals surface area contributed by atoms with Gasteiger partial charge in [-0.2, -0.15) is 0 Å². The third-order valence-corrected chi connectivity index (χ3v) is 3.46. The maximum absolute atomic E-state index is 3.24. The molecule has 0 aromatic carbocycles. The van der Waals surface area contributed by atoms with Crippen molar-refractivity contribution in [3.05, 3.63) is 34.1 Å². The summed E-state index contributed by atoms with van der Waals surface area (Å²) >= 11 is 0. The molecule has 0 amide bonds. The highest BCUT2D eigenvalue weighted by Gasteiger charge is 2.03. The fraction of sp³-hybridized carbons (Fsp3) is 0.625. The van der Waals surface area contributed by atoms with Crippen LogP contribution in [0.5, 0.6) is 0 Å². The zero-order valence-corrected chi connectivity index (χ0v) is 10.1. The minimum atomic E-state index is 1.21. The minimum Gasteiger partial charge on any atom is -0.0617 e. The second-order valence-electron chi connectivity index (χ2n) is 4.83. The number of hydrogen-bond acceptors (Lipinski definition) is 0.